The van der Waals surface area contributed by atoms with Crippen LogP contribution >= 0.6 is 0 Å². The number of aromatic amines is 1. The minimum absolute atomic E-state index is 0.246. The molecule has 0 amide bonds. The van der Waals surface area contributed by atoms with Gasteiger partial charge in [-0.3, -0.25) is 13.9 Å². The van der Waals surface area contributed by atoms with Gasteiger partial charge in [0.15, 0.2) is 11.2 Å². The highest BCUT2D eigenvalue weighted by Gasteiger charge is 2.13. The monoisotopic (exact) mass is 315 g/mol. The quantitative estimate of drug-likeness (QED) is 0.643. The van der Waals surface area contributed by atoms with Gasteiger partial charge in [-0.2, -0.15) is 4.98 Å². The Morgan fingerprint density at radius 3 is 2.70 bits per heavy atom. The Kier molecular flexibility index (Phi) is 3.65. The summed E-state index contributed by atoms with van der Waals surface area (Å²) in [4.78, 5) is 31.1. The molecule has 0 saturated heterocycles. The van der Waals surface area contributed by atoms with Crippen molar-refractivity contribution < 1.29 is 5.11 Å². The third-order valence-electron chi connectivity index (χ3n) is 3.77. The Morgan fingerprint density at radius 2 is 1.96 bits per heavy atom. The van der Waals surface area contributed by atoms with Crippen molar-refractivity contribution in [2.24, 2.45) is 14.1 Å². The molecule has 120 valence electrons. The average molecular weight is 315 g/mol. The summed E-state index contributed by atoms with van der Waals surface area (Å²) in [5, 5.41) is 12.8. The number of fused-ring (bicyclic) bond motifs is 1. The SMILES string of the molecule is Cn1c(=O)c2[nH]c(NCCc3ccccc3O)nc2n(C)c1=O. The van der Waals surface area contributed by atoms with Gasteiger partial charge in [-0.05, 0) is 18.1 Å². The summed E-state index contributed by atoms with van der Waals surface area (Å²) in [7, 11) is 2.99. The Balaban J connectivity index is 1.84. The largest absolute Gasteiger partial charge is 0.508 e. The normalized spacial score (nSPS) is 11.0. The van der Waals surface area contributed by atoms with Crippen molar-refractivity contribution in [1.82, 2.24) is 19.1 Å². The first-order valence-corrected chi connectivity index (χ1v) is 7.15. The number of hydrogen-bond donors (Lipinski definition) is 3. The molecule has 0 saturated carbocycles. The lowest BCUT2D eigenvalue weighted by atomic mass is 10.1. The minimum Gasteiger partial charge on any atom is -0.508 e. The molecule has 0 spiro atoms. The van der Waals surface area contributed by atoms with Crippen LogP contribution in [0.4, 0.5) is 5.95 Å². The first-order valence-electron chi connectivity index (χ1n) is 7.15. The van der Waals surface area contributed by atoms with Crippen LogP contribution in [0.25, 0.3) is 11.2 Å². The number of para-hydroxylation sites is 1. The molecule has 0 aliphatic rings. The molecule has 3 N–H and O–H groups in total. The van der Waals surface area contributed by atoms with Gasteiger partial charge in [0, 0.05) is 20.6 Å². The molecular formula is C15H17N5O3. The number of rotatable bonds is 4. The molecule has 0 atom stereocenters. The molecule has 0 radical (unpaired) electrons. The van der Waals surface area contributed by atoms with Gasteiger partial charge in [0.25, 0.3) is 5.56 Å². The molecule has 8 heteroatoms. The van der Waals surface area contributed by atoms with Crippen LogP contribution in [0.1, 0.15) is 5.56 Å². The minimum atomic E-state index is -0.422. The Bertz CT molecular complexity index is 983. The molecule has 0 aliphatic heterocycles. The number of nitrogens with one attached hydrogen (secondary N) is 2. The van der Waals surface area contributed by atoms with Crippen LogP contribution in [0, 0.1) is 0 Å². The number of H-pyrrole nitrogens is 1. The van der Waals surface area contributed by atoms with Crippen LogP contribution in [-0.4, -0.2) is 30.8 Å². The van der Waals surface area contributed by atoms with Crippen LogP contribution in [0.2, 0.25) is 0 Å². The van der Waals surface area contributed by atoms with Gasteiger partial charge in [-0.25, -0.2) is 4.79 Å². The molecule has 2 aromatic heterocycles. The number of hydrogen-bond acceptors (Lipinski definition) is 5. The number of nitrogens with zero attached hydrogens (tertiary/aromatic N) is 3. The van der Waals surface area contributed by atoms with E-state index in [1.807, 2.05) is 12.1 Å². The molecule has 1 aromatic carbocycles. The topological polar surface area (TPSA) is 105 Å². The van der Waals surface area contributed by atoms with E-state index in [9.17, 15) is 14.7 Å². The number of aromatic nitrogens is 4. The predicted molar refractivity (Wildman–Crippen MR) is 86.9 cm³/mol. The summed E-state index contributed by atoms with van der Waals surface area (Å²) >= 11 is 0. The maximum atomic E-state index is 12.1. The maximum Gasteiger partial charge on any atom is 0.332 e. The van der Waals surface area contributed by atoms with E-state index in [0.717, 1.165) is 10.1 Å². The third-order valence-corrected chi connectivity index (χ3v) is 3.77. The van der Waals surface area contributed by atoms with E-state index < -0.39 is 11.2 Å². The van der Waals surface area contributed by atoms with E-state index >= 15 is 0 Å². The van der Waals surface area contributed by atoms with Crippen LogP contribution in [0.3, 0.4) is 0 Å². The van der Waals surface area contributed by atoms with Crippen LogP contribution in [0.5, 0.6) is 5.75 Å². The Labute approximate surface area is 131 Å². The number of imidazole rings is 1. The molecule has 23 heavy (non-hydrogen) atoms. The molecule has 2 heterocycles. The fourth-order valence-electron chi connectivity index (χ4n) is 2.45. The zero-order valence-electron chi connectivity index (χ0n) is 12.8. The van der Waals surface area contributed by atoms with E-state index in [2.05, 4.69) is 15.3 Å². The molecule has 3 aromatic rings. The van der Waals surface area contributed by atoms with Crippen molar-refractivity contribution in [2.45, 2.75) is 6.42 Å². The second-order valence-corrected chi connectivity index (χ2v) is 5.30. The number of phenolic OH excluding ortho intramolecular Hbond substituents is 1. The molecular weight excluding hydrogens is 298 g/mol. The van der Waals surface area contributed by atoms with Crippen LogP contribution in [-0.2, 0) is 20.5 Å². The van der Waals surface area contributed by atoms with E-state index in [1.165, 1.54) is 11.6 Å². The van der Waals surface area contributed by atoms with Gasteiger partial charge in [0.2, 0.25) is 5.95 Å². The van der Waals surface area contributed by atoms with Crippen molar-refractivity contribution in [1.29, 1.82) is 0 Å². The van der Waals surface area contributed by atoms with Gasteiger partial charge in [0.05, 0.1) is 0 Å². The van der Waals surface area contributed by atoms with E-state index in [-0.39, 0.29) is 11.3 Å². The second-order valence-electron chi connectivity index (χ2n) is 5.30. The van der Waals surface area contributed by atoms with Crippen molar-refractivity contribution in [3.8, 4) is 5.75 Å². The first-order chi connectivity index (χ1) is 11.0. The number of anilines is 1. The lowest BCUT2D eigenvalue weighted by molar-refractivity contribution is 0.468. The maximum absolute atomic E-state index is 12.1. The summed E-state index contributed by atoms with van der Waals surface area (Å²) in [6.07, 6.45) is 0.598. The van der Waals surface area contributed by atoms with Crippen molar-refractivity contribution in [3.05, 3.63) is 50.7 Å². The highest BCUT2D eigenvalue weighted by molar-refractivity contribution is 5.72. The van der Waals surface area contributed by atoms with Crippen LogP contribution < -0.4 is 16.6 Å². The molecule has 8 nitrogen and oxygen atoms in total. The highest BCUT2D eigenvalue weighted by Crippen LogP contribution is 2.16. The van der Waals surface area contributed by atoms with E-state index in [0.29, 0.717) is 24.6 Å². The summed E-state index contributed by atoms with van der Waals surface area (Å²) in [6.45, 7) is 0.520. The molecule has 3 rings (SSSR count). The fraction of sp³-hybridized carbons (Fsp3) is 0.267. The average Bonchev–Trinajstić information content (AvgIpc) is 2.97. The highest BCUT2D eigenvalue weighted by atomic mass is 16.3. The molecule has 0 fully saturated rings. The molecule has 0 unspecified atom stereocenters. The lowest BCUT2D eigenvalue weighted by Gasteiger charge is -2.04. The summed E-state index contributed by atoms with van der Waals surface area (Å²) < 4.78 is 2.35. The van der Waals surface area contributed by atoms with Gasteiger partial charge in [0.1, 0.15) is 5.75 Å². The van der Waals surface area contributed by atoms with Gasteiger partial charge in [-0.15, -0.1) is 0 Å². The van der Waals surface area contributed by atoms with Gasteiger partial charge >= 0.3 is 5.69 Å². The van der Waals surface area contributed by atoms with Gasteiger partial charge in [-0.1, -0.05) is 18.2 Å². The zero-order valence-corrected chi connectivity index (χ0v) is 12.8. The summed E-state index contributed by atoms with van der Waals surface area (Å²) in [6, 6.07) is 7.10. The van der Waals surface area contributed by atoms with Gasteiger partial charge < -0.3 is 15.4 Å². The summed E-state index contributed by atoms with van der Waals surface area (Å²) in [5.41, 5.74) is 0.571. The zero-order chi connectivity index (χ0) is 16.6. The molecule has 0 aliphatic carbocycles. The van der Waals surface area contributed by atoms with Crippen molar-refractivity contribution in [3.63, 3.8) is 0 Å². The first kappa shape index (κ1) is 14.9. The lowest BCUT2D eigenvalue weighted by Crippen LogP contribution is -2.36. The Hall–Kier alpha value is -3.03. The third kappa shape index (κ3) is 2.59. The van der Waals surface area contributed by atoms with E-state index in [4.69, 9.17) is 0 Å². The smallest absolute Gasteiger partial charge is 0.332 e. The van der Waals surface area contributed by atoms with Crippen LogP contribution in [0.15, 0.2) is 33.9 Å². The number of aryl methyl sites for hydroxylation is 1. The van der Waals surface area contributed by atoms with E-state index in [1.54, 1.807) is 19.2 Å². The number of benzene rings is 1. The van der Waals surface area contributed by atoms with Crippen molar-refractivity contribution >= 4 is 17.1 Å². The van der Waals surface area contributed by atoms with Crippen molar-refractivity contribution in [2.75, 3.05) is 11.9 Å². The fourth-order valence-corrected chi connectivity index (χ4v) is 2.45. The standard InChI is InChI=1S/C15H17N5O3/c1-19-12-11(13(22)20(2)15(19)23)17-14(18-12)16-8-7-9-5-3-4-6-10(9)21/h3-6,21H,7-8H2,1-2H3,(H2,16,17,18). The number of aromatic hydroxyl groups is 1. The Morgan fingerprint density at radius 1 is 1.22 bits per heavy atom. The second kappa shape index (κ2) is 5.64. The molecule has 0 bridgehead atoms. The number of phenols is 1. The predicted octanol–water partition coefficient (Wildman–Crippen LogP) is 0.320. The summed E-state index contributed by atoms with van der Waals surface area (Å²) in [5.74, 6) is 0.656.